The first-order valence-corrected chi connectivity index (χ1v) is 14.4. The number of carbonyl (C=O) groups is 1. The van der Waals surface area contributed by atoms with Gasteiger partial charge < -0.3 is 14.2 Å². The van der Waals surface area contributed by atoms with Gasteiger partial charge in [-0.25, -0.2) is 8.42 Å². The standard InChI is InChI=1S/C28H36N2O4S/c1-5-29(6-2)24-10-7-21(8-11-24)17-30(25-13-14-35(32,33)19-25)28(31)16-23-18-34-27-12-9-22(20(3)4)15-26(23)27/h7-12,15,18,20,25H,5-6,13-14,16-17,19H2,1-4H3. The molecule has 0 bridgehead atoms. The topological polar surface area (TPSA) is 70.8 Å². The second kappa shape index (κ2) is 10.4. The Morgan fingerprint density at radius 2 is 1.80 bits per heavy atom. The number of sulfone groups is 1. The summed E-state index contributed by atoms with van der Waals surface area (Å²) < 4.78 is 30.2. The Morgan fingerprint density at radius 3 is 2.40 bits per heavy atom. The van der Waals surface area contributed by atoms with Gasteiger partial charge in [0.1, 0.15) is 5.58 Å². The van der Waals surface area contributed by atoms with Crippen LogP contribution in [0.4, 0.5) is 5.69 Å². The van der Waals surface area contributed by atoms with Crippen molar-refractivity contribution in [2.24, 2.45) is 0 Å². The SMILES string of the molecule is CCN(CC)c1ccc(CN(C(=O)Cc2coc3ccc(C(C)C)cc23)C2CCS(=O)(=O)C2)cc1. The number of hydrogen-bond donors (Lipinski definition) is 0. The number of rotatable bonds is 9. The highest BCUT2D eigenvalue weighted by Crippen LogP contribution is 2.28. The van der Waals surface area contributed by atoms with Crippen molar-refractivity contribution in [2.75, 3.05) is 29.5 Å². The highest BCUT2D eigenvalue weighted by Gasteiger charge is 2.35. The highest BCUT2D eigenvalue weighted by molar-refractivity contribution is 7.91. The third kappa shape index (κ3) is 5.72. The number of fused-ring (bicyclic) bond motifs is 1. The molecular weight excluding hydrogens is 460 g/mol. The molecule has 1 aliphatic rings. The van der Waals surface area contributed by atoms with Gasteiger partial charge in [0.25, 0.3) is 0 Å². The quantitative estimate of drug-likeness (QED) is 0.409. The molecule has 2 aromatic carbocycles. The molecule has 0 N–H and O–H groups in total. The molecule has 1 amide bonds. The minimum Gasteiger partial charge on any atom is -0.464 e. The molecule has 0 radical (unpaired) electrons. The Bertz CT molecular complexity index is 1270. The zero-order valence-electron chi connectivity index (χ0n) is 21.2. The number of hydrogen-bond acceptors (Lipinski definition) is 5. The summed E-state index contributed by atoms with van der Waals surface area (Å²) in [6.45, 7) is 10.8. The molecule has 1 saturated heterocycles. The lowest BCUT2D eigenvalue weighted by Crippen LogP contribution is -2.41. The lowest BCUT2D eigenvalue weighted by Gasteiger charge is -2.29. The normalized spacial score (nSPS) is 17.2. The summed E-state index contributed by atoms with van der Waals surface area (Å²) in [5.41, 5.74) is 4.94. The number of nitrogens with zero attached hydrogens (tertiary/aromatic N) is 2. The molecule has 35 heavy (non-hydrogen) atoms. The van der Waals surface area contributed by atoms with Crippen molar-refractivity contribution < 1.29 is 17.6 Å². The number of benzene rings is 2. The van der Waals surface area contributed by atoms with Gasteiger partial charge >= 0.3 is 0 Å². The number of furan rings is 1. The third-order valence-electron chi connectivity index (χ3n) is 7.07. The molecule has 188 valence electrons. The van der Waals surface area contributed by atoms with Crippen LogP contribution in [0.5, 0.6) is 0 Å². The van der Waals surface area contributed by atoms with E-state index in [2.05, 4.69) is 56.9 Å². The maximum absolute atomic E-state index is 13.6. The molecule has 6 nitrogen and oxygen atoms in total. The van der Waals surface area contributed by atoms with Gasteiger partial charge in [0.15, 0.2) is 9.84 Å². The maximum Gasteiger partial charge on any atom is 0.227 e. The van der Waals surface area contributed by atoms with Crippen LogP contribution in [0.15, 0.2) is 53.1 Å². The maximum atomic E-state index is 13.6. The smallest absolute Gasteiger partial charge is 0.227 e. The molecule has 4 rings (SSSR count). The fourth-order valence-corrected chi connectivity index (χ4v) is 6.63. The molecule has 0 saturated carbocycles. The van der Waals surface area contributed by atoms with Crippen LogP contribution in [0.1, 0.15) is 56.7 Å². The van der Waals surface area contributed by atoms with E-state index in [1.165, 1.54) is 5.56 Å². The zero-order chi connectivity index (χ0) is 25.2. The summed E-state index contributed by atoms with van der Waals surface area (Å²) in [5.74, 6) is 0.462. The Labute approximate surface area is 208 Å². The lowest BCUT2D eigenvalue weighted by atomic mass is 9.99. The number of carbonyl (C=O) groups excluding carboxylic acids is 1. The molecule has 1 fully saturated rings. The molecule has 1 unspecified atom stereocenters. The Kier molecular flexibility index (Phi) is 7.55. The first kappa shape index (κ1) is 25.3. The van der Waals surface area contributed by atoms with E-state index in [1.54, 1.807) is 11.2 Å². The van der Waals surface area contributed by atoms with Crippen molar-refractivity contribution in [3.05, 3.63) is 65.4 Å². The van der Waals surface area contributed by atoms with Gasteiger partial charge in [0.2, 0.25) is 5.91 Å². The summed E-state index contributed by atoms with van der Waals surface area (Å²) in [6, 6.07) is 14.0. The lowest BCUT2D eigenvalue weighted by molar-refractivity contribution is -0.133. The minimum absolute atomic E-state index is 0.0277. The molecule has 0 aliphatic carbocycles. The minimum atomic E-state index is -3.12. The fourth-order valence-electron chi connectivity index (χ4n) is 4.90. The van der Waals surface area contributed by atoms with E-state index in [9.17, 15) is 13.2 Å². The molecule has 1 aromatic heterocycles. The van der Waals surface area contributed by atoms with Crippen molar-refractivity contribution in [2.45, 2.75) is 59.0 Å². The van der Waals surface area contributed by atoms with Crippen LogP contribution >= 0.6 is 0 Å². The van der Waals surface area contributed by atoms with Gasteiger partial charge in [-0.3, -0.25) is 4.79 Å². The van der Waals surface area contributed by atoms with Crippen LogP contribution < -0.4 is 4.90 Å². The Hall–Kier alpha value is -2.80. The van der Waals surface area contributed by atoms with Crippen LogP contribution in [-0.2, 0) is 27.6 Å². The van der Waals surface area contributed by atoms with E-state index in [4.69, 9.17) is 4.42 Å². The molecule has 3 aromatic rings. The predicted octanol–water partition coefficient (Wildman–Crippen LogP) is 5.16. The van der Waals surface area contributed by atoms with Crippen LogP contribution in [0, 0.1) is 0 Å². The van der Waals surface area contributed by atoms with Gasteiger partial charge in [-0.05, 0) is 61.6 Å². The van der Waals surface area contributed by atoms with Gasteiger partial charge in [-0.15, -0.1) is 0 Å². The van der Waals surface area contributed by atoms with Crippen LogP contribution in [-0.4, -0.2) is 49.9 Å². The van der Waals surface area contributed by atoms with Gasteiger partial charge in [0.05, 0.1) is 24.2 Å². The fraction of sp³-hybridized carbons (Fsp3) is 0.464. The van der Waals surface area contributed by atoms with E-state index >= 15 is 0 Å². The van der Waals surface area contributed by atoms with E-state index < -0.39 is 9.84 Å². The van der Waals surface area contributed by atoms with Gasteiger partial charge in [-0.2, -0.15) is 0 Å². The average Bonchev–Trinajstić information content (AvgIpc) is 3.41. The van der Waals surface area contributed by atoms with Crippen molar-refractivity contribution in [3.63, 3.8) is 0 Å². The van der Waals surface area contributed by atoms with Crippen LogP contribution in [0.2, 0.25) is 0 Å². The molecule has 0 spiro atoms. The molecule has 7 heteroatoms. The van der Waals surface area contributed by atoms with E-state index in [-0.39, 0.29) is 29.9 Å². The van der Waals surface area contributed by atoms with E-state index in [0.29, 0.717) is 18.9 Å². The van der Waals surface area contributed by atoms with Gasteiger partial charge in [0, 0.05) is 42.3 Å². The van der Waals surface area contributed by atoms with Crippen molar-refractivity contribution >= 4 is 32.4 Å². The van der Waals surface area contributed by atoms with Crippen LogP contribution in [0.3, 0.4) is 0 Å². The zero-order valence-corrected chi connectivity index (χ0v) is 22.0. The third-order valence-corrected chi connectivity index (χ3v) is 8.82. The predicted molar refractivity (Wildman–Crippen MR) is 142 cm³/mol. The number of anilines is 1. The van der Waals surface area contributed by atoms with Crippen LogP contribution in [0.25, 0.3) is 11.0 Å². The summed E-state index contributed by atoms with van der Waals surface area (Å²) in [6.07, 6.45) is 2.33. The molecule has 1 atom stereocenters. The van der Waals surface area contributed by atoms with Crippen molar-refractivity contribution in [1.29, 1.82) is 0 Å². The highest BCUT2D eigenvalue weighted by atomic mass is 32.2. The van der Waals surface area contributed by atoms with Crippen molar-refractivity contribution in [3.8, 4) is 0 Å². The van der Waals surface area contributed by atoms with Gasteiger partial charge in [-0.1, -0.05) is 32.0 Å². The molecule has 2 heterocycles. The summed E-state index contributed by atoms with van der Waals surface area (Å²) >= 11 is 0. The first-order valence-electron chi connectivity index (χ1n) is 12.5. The second-order valence-electron chi connectivity index (χ2n) is 9.77. The number of amides is 1. The summed E-state index contributed by atoms with van der Waals surface area (Å²) in [5, 5.41) is 0.951. The summed E-state index contributed by atoms with van der Waals surface area (Å²) in [4.78, 5) is 17.7. The van der Waals surface area contributed by atoms with Crippen molar-refractivity contribution in [1.82, 2.24) is 4.90 Å². The Balaban J connectivity index is 1.59. The average molecular weight is 497 g/mol. The Morgan fingerprint density at radius 1 is 1.09 bits per heavy atom. The molecule has 1 aliphatic heterocycles. The summed E-state index contributed by atoms with van der Waals surface area (Å²) in [7, 11) is -3.12. The second-order valence-corrected chi connectivity index (χ2v) is 12.0. The van der Waals surface area contributed by atoms with E-state index in [0.717, 1.165) is 40.9 Å². The first-order chi connectivity index (χ1) is 16.7. The molecular formula is C28H36N2O4S. The largest absolute Gasteiger partial charge is 0.464 e. The van der Waals surface area contributed by atoms with E-state index in [1.807, 2.05) is 18.2 Å². The monoisotopic (exact) mass is 496 g/mol.